The lowest BCUT2D eigenvalue weighted by molar-refractivity contribution is -0.121. The van der Waals surface area contributed by atoms with Gasteiger partial charge in [0.25, 0.3) is 5.91 Å². The molecule has 7 heteroatoms. The number of benzene rings is 2. The van der Waals surface area contributed by atoms with Gasteiger partial charge in [-0.15, -0.1) is 0 Å². The van der Waals surface area contributed by atoms with E-state index in [-0.39, 0.29) is 17.7 Å². The van der Waals surface area contributed by atoms with Crippen LogP contribution in [0.25, 0.3) is 0 Å². The number of rotatable bonds is 7. The number of halogens is 1. The largest absolute Gasteiger partial charge is 0.493 e. The third-order valence-electron chi connectivity index (χ3n) is 4.97. The fourth-order valence-electron chi connectivity index (χ4n) is 3.40. The van der Waals surface area contributed by atoms with E-state index in [1.165, 1.54) is 0 Å². The topological polar surface area (TPSA) is 82.4 Å². The van der Waals surface area contributed by atoms with Crippen molar-refractivity contribution < 1.29 is 14.3 Å². The standard InChI is InChI=1S/C23H24ClN3O3/c24-19-10-8-17(9-11-19)23(29)27-13-4-5-18(16-27)22(28)26-20-6-3-7-21(15-20)30-14-2-1-12-25/h3,6-11,15,18H,1-2,4-5,13-14,16H2,(H,26,28). The minimum atomic E-state index is -0.268. The number of nitrogens with one attached hydrogen (secondary N) is 1. The number of nitrogens with zero attached hydrogens (tertiary/aromatic N) is 2. The van der Waals surface area contributed by atoms with Crippen molar-refractivity contribution in [1.29, 1.82) is 5.26 Å². The van der Waals surface area contributed by atoms with Gasteiger partial charge in [-0.1, -0.05) is 17.7 Å². The molecule has 1 N–H and O–H groups in total. The summed E-state index contributed by atoms with van der Waals surface area (Å²) in [5.74, 6) is 0.186. The molecule has 2 aromatic carbocycles. The van der Waals surface area contributed by atoms with Crippen molar-refractivity contribution >= 4 is 29.1 Å². The van der Waals surface area contributed by atoms with E-state index in [0.29, 0.717) is 54.6 Å². The highest BCUT2D eigenvalue weighted by Crippen LogP contribution is 2.23. The quantitative estimate of drug-likeness (QED) is 0.661. The zero-order valence-electron chi connectivity index (χ0n) is 16.6. The molecule has 1 saturated heterocycles. The van der Waals surface area contributed by atoms with Gasteiger partial charge in [0.2, 0.25) is 5.91 Å². The maximum absolute atomic E-state index is 12.8. The Labute approximate surface area is 181 Å². The molecule has 6 nitrogen and oxygen atoms in total. The molecule has 0 radical (unpaired) electrons. The molecule has 2 aromatic rings. The van der Waals surface area contributed by atoms with E-state index < -0.39 is 0 Å². The first-order valence-electron chi connectivity index (χ1n) is 10.0. The highest BCUT2D eigenvalue weighted by molar-refractivity contribution is 6.30. The maximum atomic E-state index is 12.8. The van der Waals surface area contributed by atoms with E-state index in [1.54, 1.807) is 41.3 Å². The molecular formula is C23H24ClN3O3. The summed E-state index contributed by atoms with van der Waals surface area (Å²) in [6, 6.07) is 16.1. The lowest BCUT2D eigenvalue weighted by Crippen LogP contribution is -2.43. The van der Waals surface area contributed by atoms with Crippen molar-refractivity contribution in [3.63, 3.8) is 0 Å². The van der Waals surface area contributed by atoms with Gasteiger partial charge in [-0.2, -0.15) is 5.26 Å². The lowest BCUT2D eigenvalue weighted by Gasteiger charge is -2.32. The summed E-state index contributed by atoms with van der Waals surface area (Å²) in [5.41, 5.74) is 1.22. The summed E-state index contributed by atoms with van der Waals surface area (Å²) in [6.07, 6.45) is 2.62. The zero-order chi connectivity index (χ0) is 21.3. The van der Waals surface area contributed by atoms with Crippen molar-refractivity contribution in [2.75, 3.05) is 25.0 Å². The minimum absolute atomic E-state index is 0.0862. The van der Waals surface area contributed by atoms with Crippen LogP contribution in [0.3, 0.4) is 0 Å². The summed E-state index contributed by atoms with van der Waals surface area (Å²) in [6.45, 7) is 1.48. The molecule has 3 rings (SSSR count). The second-order valence-electron chi connectivity index (χ2n) is 7.22. The summed E-state index contributed by atoms with van der Waals surface area (Å²) in [5, 5.41) is 12.1. The second-order valence-corrected chi connectivity index (χ2v) is 7.66. The van der Waals surface area contributed by atoms with Gasteiger partial charge in [-0.3, -0.25) is 9.59 Å². The van der Waals surface area contributed by atoms with Crippen LogP contribution < -0.4 is 10.1 Å². The normalized spacial score (nSPS) is 15.9. The molecule has 156 valence electrons. The van der Waals surface area contributed by atoms with E-state index in [0.717, 1.165) is 12.8 Å². The highest BCUT2D eigenvalue weighted by Gasteiger charge is 2.29. The first kappa shape index (κ1) is 21.7. The molecule has 0 aromatic heterocycles. The molecule has 1 aliphatic rings. The van der Waals surface area contributed by atoms with Crippen LogP contribution in [0.1, 0.15) is 36.0 Å². The molecule has 0 spiro atoms. The summed E-state index contributed by atoms with van der Waals surface area (Å²) in [7, 11) is 0. The summed E-state index contributed by atoms with van der Waals surface area (Å²) in [4.78, 5) is 27.3. The fraction of sp³-hybridized carbons (Fsp3) is 0.348. The molecule has 30 heavy (non-hydrogen) atoms. The van der Waals surface area contributed by atoms with E-state index in [1.807, 2.05) is 12.1 Å². The number of hydrogen-bond acceptors (Lipinski definition) is 4. The van der Waals surface area contributed by atoms with Gasteiger partial charge in [0.15, 0.2) is 0 Å². The Hall–Kier alpha value is -3.04. The number of piperidine rings is 1. The van der Waals surface area contributed by atoms with E-state index >= 15 is 0 Å². The molecule has 0 bridgehead atoms. The molecule has 2 amide bonds. The van der Waals surface area contributed by atoms with Gasteiger partial charge < -0.3 is 15.0 Å². The fourth-order valence-corrected chi connectivity index (χ4v) is 3.53. The number of hydrogen-bond donors (Lipinski definition) is 1. The molecular weight excluding hydrogens is 402 g/mol. The van der Waals surface area contributed by atoms with Crippen molar-refractivity contribution in [2.24, 2.45) is 5.92 Å². The lowest BCUT2D eigenvalue weighted by atomic mass is 9.96. The molecule has 1 atom stereocenters. The Morgan fingerprint density at radius 1 is 1.23 bits per heavy atom. The number of unbranched alkanes of at least 4 members (excludes halogenated alkanes) is 1. The van der Waals surface area contributed by atoms with Crippen LogP contribution in [-0.2, 0) is 4.79 Å². The van der Waals surface area contributed by atoms with Crippen LogP contribution in [-0.4, -0.2) is 36.4 Å². The smallest absolute Gasteiger partial charge is 0.253 e. The van der Waals surface area contributed by atoms with Crippen molar-refractivity contribution in [3.8, 4) is 11.8 Å². The van der Waals surface area contributed by atoms with Gasteiger partial charge in [0.05, 0.1) is 18.6 Å². The third-order valence-corrected chi connectivity index (χ3v) is 5.23. The first-order chi connectivity index (χ1) is 14.6. The predicted octanol–water partition coefficient (Wildman–Crippen LogP) is 4.51. The van der Waals surface area contributed by atoms with Crippen molar-refractivity contribution in [1.82, 2.24) is 4.90 Å². The third kappa shape index (κ3) is 5.98. The number of nitriles is 1. The molecule has 0 aliphatic carbocycles. The Bertz CT molecular complexity index is 924. The van der Waals surface area contributed by atoms with E-state index in [2.05, 4.69) is 11.4 Å². The average Bonchev–Trinajstić information content (AvgIpc) is 2.77. The van der Waals surface area contributed by atoms with E-state index in [9.17, 15) is 9.59 Å². The number of ether oxygens (including phenoxy) is 1. The van der Waals surface area contributed by atoms with Crippen LogP contribution in [0, 0.1) is 17.2 Å². The predicted molar refractivity (Wildman–Crippen MR) is 115 cm³/mol. The monoisotopic (exact) mass is 425 g/mol. The Morgan fingerprint density at radius 2 is 2.03 bits per heavy atom. The number of amides is 2. The van der Waals surface area contributed by atoms with Crippen molar-refractivity contribution in [2.45, 2.75) is 25.7 Å². The van der Waals surface area contributed by atoms with Crippen LogP contribution in [0.4, 0.5) is 5.69 Å². The maximum Gasteiger partial charge on any atom is 0.253 e. The van der Waals surface area contributed by atoms with Crippen LogP contribution in [0.2, 0.25) is 5.02 Å². The number of anilines is 1. The second kappa shape index (κ2) is 10.7. The van der Waals surface area contributed by atoms with Crippen LogP contribution in [0.5, 0.6) is 5.75 Å². The average molecular weight is 426 g/mol. The molecule has 0 saturated carbocycles. The van der Waals surface area contributed by atoms with Gasteiger partial charge in [-0.25, -0.2) is 0 Å². The minimum Gasteiger partial charge on any atom is -0.493 e. The summed E-state index contributed by atoms with van der Waals surface area (Å²) < 4.78 is 5.62. The number of likely N-dealkylation sites (tertiary alicyclic amines) is 1. The van der Waals surface area contributed by atoms with E-state index in [4.69, 9.17) is 21.6 Å². The highest BCUT2D eigenvalue weighted by atomic mass is 35.5. The van der Waals surface area contributed by atoms with Crippen LogP contribution in [0.15, 0.2) is 48.5 Å². The molecule has 1 aliphatic heterocycles. The van der Waals surface area contributed by atoms with Gasteiger partial charge >= 0.3 is 0 Å². The molecule has 1 fully saturated rings. The Balaban J connectivity index is 1.57. The van der Waals surface area contributed by atoms with Gasteiger partial charge in [0.1, 0.15) is 5.75 Å². The molecule has 1 heterocycles. The zero-order valence-corrected chi connectivity index (χ0v) is 17.4. The first-order valence-corrected chi connectivity index (χ1v) is 10.4. The Morgan fingerprint density at radius 3 is 2.80 bits per heavy atom. The Kier molecular flexibility index (Phi) is 7.69. The molecule has 1 unspecified atom stereocenters. The number of carbonyl (C=O) groups excluding carboxylic acids is 2. The summed E-state index contributed by atoms with van der Waals surface area (Å²) >= 11 is 5.90. The van der Waals surface area contributed by atoms with Gasteiger partial charge in [0, 0.05) is 41.9 Å². The number of carbonyl (C=O) groups is 2. The SMILES string of the molecule is N#CCCCOc1cccc(NC(=O)C2CCCN(C(=O)c3ccc(Cl)cc3)C2)c1. The van der Waals surface area contributed by atoms with Crippen molar-refractivity contribution in [3.05, 3.63) is 59.1 Å². The van der Waals surface area contributed by atoms with Gasteiger partial charge in [-0.05, 0) is 55.7 Å². The van der Waals surface area contributed by atoms with Crippen LogP contribution >= 0.6 is 11.6 Å².